The summed E-state index contributed by atoms with van der Waals surface area (Å²) in [6.07, 6.45) is 2.30. The van der Waals surface area contributed by atoms with Crippen LogP contribution in [0.2, 0.25) is 0 Å². The summed E-state index contributed by atoms with van der Waals surface area (Å²) in [6.45, 7) is 5.21. The summed E-state index contributed by atoms with van der Waals surface area (Å²) >= 11 is 0. The first-order chi connectivity index (χ1) is 14.0. The normalized spacial score (nSPS) is 14.5. The number of amides is 1. The summed E-state index contributed by atoms with van der Waals surface area (Å²) in [5.41, 5.74) is 2.87. The Kier molecular flexibility index (Phi) is 6.90. The van der Waals surface area contributed by atoms with Gasteiger partial charge in [0.25, 0.3) is 0 Å². The Morgan fingerprint density at radius 2 is 1.83 bits per heavy atom. The van der Waals surface area contributed by atoms with E-state index in [0.29, 0.717) is 24.6 Å². The molecule has 2 aromatic carbocycles. The molecule has 0 bridgehead atoms. The molecular weight excluding hydrogens is 362 g/mol. The molecule has 0 spiro atoms. The van der Waals surface area contributed by atoms with E-state index in [2.05, 4.69) is 30.1 Å². The Bertz CT molecular complexity index is 849. The number of nitrogens with zero attached hydrogens (tertiary/aromatic N) is 2. The number of nitrogens with one attached hydrogen (secondary N) is 1. The van der Waals surface area contributed by atoms with Gasteiger partial charge in [0, 0.05) is 12.6 Å². The smallest absolute Gasteiger partial charge is 0.234 e. The number of hydrogen-bond donors (Lipinski definition) is 1. The number of nitriles is 1. The third kappa shape index (κ3) is 5.82. The highest BCUT2D eigenvalue weighted by Crippen LogP contribution is 2.41. The summed E-state index contributed by atoms with van der Waals surface area (Å²) < 4.78 is 5.24. The minimum Gasteiger partial charge on any atom is -0.497 e. The second-order valence-electron chi connectivity index (χ2n) is 7.96. The van der Waals surface area contributed by atoms with E-state index in [1.807, 2.05) is 48.5 Å². The predicted molar refractivity (Wildman–Crippen MR) is 113 cm³/mol. The zero-order valence-electron chi connectivity index (χ0n) is 17.4. The van der Waals surface area contributed by atoms with Crippen molar-refractivity contribution in [2.45, 2.75) is 45.3 Å². The SMILES string of the molecule is COc1ccc(C(NC(=O)CN(Cc2ccc(C#N)cc2)C(C)C)C2CC2)cc1. The fourth-order valence-corrected chi connectivity index (χ4v) is 3.46. The molecule has 0 aliphatic heterocycles. The van der Waals surface area contributed by atoms with E-state index in [1.165, 1.54) is 0 Å². The number of carbonyl (C=O) groups is 1. The van der Waals surface area contributed by atoms with E-state index in [1.54, 1.807) is 7.11 Å². The number of rotatable bonds is 9. The van der Waals surface area contributed by atoms with Crippen LogP contribution < -0.4 is 10.1 Å². The largest absolute Gasteiger partial charge is 0.497 e. The third-order valence-electron chi connectivity index (χ3n) is 5.43. The van der Waals surface area contributed by atoms with Crippen molar-refractivity contribution in [3.05, 3.63) is 65.2 Å². The van der Waals surface area contributed by atoms with Gasteiger partial charge < -0.3 is 10.1 Å². The number of benzene rings is 2. The molecule has 5 nitrogen and oxygen atoms in total. The van der Waals surface area contributed by atoms with Crippen LogP contribution in [0.25, 0.3) is 0 Å². The lowest BCUT2D eigenvalue weighted by Crippen LogP contribution is -2.42. The van der Waals surface area contributed by atoms with Gasteiger partial charge in [-0.15, -0.1) is 0 Å². The third-order valence-corrected chi connectivity index (χ3v) is 5.43. The van der Waals surface area contributed by atoms with Crippen LogP contribution in [0.3, 0.4) is 0 Å². The Morgan fingerprint density at radius 1 is 1.17 bits per heavy atom. The van der Waals surface area contributed by atoms with Crippen LogP contribution in [0.15, 0.2) is 48.5 Å². The fourth-order valence-electron chi connectivity index (χ4n) is 3.46. The summed E-state index contributed by atoms with van der Waals surface area (Å²) in [5, 5.41) is 12.2. The molecule has 1 atom stereocenters. The molecule has 1 N–H and O–H groups in total. The van der Waals surface area contributed by atoms with Crippen molar-refractivity contribution < 1.29 is 9.53 Å². The van der Waals surface area contributed by atoms with Gasteiger partial charge in [0.2, 0.25) is 5.91 Å². The van der Waals surface area contributed by atoms with Crippen LogP contribution in [-0.2, 0) is 11.3 Å². The zero-order chi connectivity index (χ0) is 20.8. The molecule has 0 aromatic heterocycles. The van der Waals surface area contributed by atoms with Crippen molar-refractivity contribution in [2.24, 2.45) is 5.92 Å². The molecule has 0 heterocycles. The molecular formula is C24H29N3O2. The van der Waals surface area contributed by atoms with E-state index in [-0.39, 0.29) is 18.0 Å². The lowest BCUT2D eigenvalue weighted by atomic mass is 10.0. The van der Waals surface area contributed by atoms with E-state index in [4.69, 9.17) is 10.00 Å². The molecule has 1 amide bonds. The van der Waals surface area contributed by atoms with Crippen LogP contribution in [0.4, 0.5) is 0 Å². The monoisotopic (exact) mass is 391 g/mol. The minimum atomic E-state index is 0.0417. The lowest BCUT2D eigenvalue weighted by molar-refractivity contribution is -0.123. The summed E-state index contributed by atoms with van der Waals surface area (Å²) in [4.78, 5) is 15.0. The number of ether oxygens (including phenoxy) is 1. The Labute approximate surface area is 173 Å². The van der Waals surface area contributed by atoms with Crippen LogP contribution >= 0.6 is 0 Å². The van der Waals surface area contributed by atoms with Crippen molar-refractivity contribution in [3.8, 4) is 11.8 Å². The Hall–Kier alpha value is -2.84. The van der Waals surface area contributed by atoms with E-state index in [9.17, 15) is 4.79 Å². The van der Waals surface area contributed by atoms with Gasteiger partial charge in [-0.1, -0.05) is 24.3 Å². The van der Waals surface area contributed by atoms with Crippen LogP contribution in [0.5, 0.6) is 5.75 Å². The molecule has 3 rings (SSSR count). The molecule has 1 saturated carbocycles. The molecule has 29 heavy (non-hydrogen) atoms. The number of carbonyl (C=O) groups excluding carboxylic acids is 1. The van der Waals surface area contributed by atoms with Crippen molar-refractivity contribution in [1.82, 2.24) is 10.2 Å². The van der Waals surface area contributed by atoms with Crippen molar-refractivity contribution in [3.63, 3.8) is 0 Å². The molecule has 152 valence electrons. The van der Waals surface area contributed by atoms with Gasteiger partial charge in [-0.3, -0.25) is 9.69 Å². The van der Waals surface area contributed by atoms with Crippen LogP contribution in [0.1, 0.15) is 49.4 Å². The Morgan fingerprint density at radius 3 is 2.34 bits per heavy atom. The predicted octanol–water partition coefficient (Wildman–Crippen LogP) is 4.04. The average molecular weight is 392 g/mol. The maximum absolute atomic E-state index is 12.9. The highest BCUT2D eigenvalue weighted by molar-refractivity contribution is 5.78. The first-order valence-electron chi connectivity index (χ1n) is 10.2. The van der Waals surface area contributed by atoms with Crippen molar-refractivity contribution in [2.75, 3.05) is 13.7 Å². The zero-order valence-corrected chi connectivity index (χ0v) is 17.4. The van der Waals surface area contributed by atoms with Gasteiger partial charge in [-0.25, -0.2) is 0 Å². The molecule has 1 fully saturated rings. The van der Waals surface area contributed by atoms with E-state index in [0.717, 1.165) is 29.7 Å². The molecule has 2 aromatic rings. The van der Waals surface area contributed by atoms with Gasteiger partial charge in [0.15, 0.2) is 0 Å². The molecule has 0 radical (unpaired) electrons. The maximum atomic E-state index is 12.9. The molecule has 1 aliphatic carbocycles. The Balaban J connectivity index is 1.64. The number of methoxy groups -OCH3 is 1. The second-order valence-corrected chi connectivity index (χ2v) is 7.96. The molecule has 1 unspecified atom stereocenters. The van der Waals surface area contributed by atoms with Gasteiger partial charge in [-0.05, 0) is 68.0 Å². The summed E-state index contributed by atoms with van der Waals surface area (Å²) in [7, 11) is 1.66. The summed E-state index contributed by atoms with van der Waals surface area (Å²) in [5.74, 6) is 1.38. The minimum absolute atomic E-state index is 0.0417. The van der Waals surface area contributed by atoms with E-state index < -0.39 is 0 Å². The lowest BCUT2D eigenvalue weighted by Gasteiger charge is -2.27. The van der Waals surface area contributed by atoms with Gasteiger partial charge in [0.05, 0.1) is 31.3 Å². The van der Waals surface area contributed by atoms with E-state index >= 15 is 0 Å². The topological polar surface area (TPSA) is 65.4 Å². The molecule has 1 aliphatic rings. The quantitative estimate of drug-likeness (QED) is 0.700. The summed E-state index contributed by atoms with van der Waals surface area (Å²) in [6, 6.07) is 17.9. The molecule has 5 heteroatoms. The second kappa shape index (κ2) is 9.58. The van der Waals surface area contributed by atoms with Crippen molar-refractivity contribution >= 4 is 5.91 Å². The fraction of sp³-hybridized carbons (Fsp3) is 0.417. The first kappa shape index (κ1) is 20.9. The van der Waals surface area contributed by atoms with Crippen LogP contribution in [-0.4, -0.2) is 30.5 Å². The van der Waals surface area contributed by atoms with Gasteiger partial charge >= 0.3 is 0 Å². The van der Waals surface area contributed by atoms with Crippen LogP contribution in [0, 0.1) is 17.2 Å². The average Bonchev–Trinajstić information content (AvgIpc) is 3.57. The van der Waals surface area contributed by atoms with Gasteiger partial charge in [-0.2, -0.15) is 5.26 Å². The maximum Gasteiger partial charge on any atom is 0.234 e. The first-order valence-corrected chi connectivity index (χ1v) is 10.2. The highest BCUT2D eigenvalue weighted by Gasteiger charge is 2.33. The number of hydrogen-bond acceptors (Lipinski definition) is 4. The van der Waals surface area contributed by atoms with Gasteiger partial charge in [0.1, 0.15) is 5.75 Å². The molecule has 0 saturated heterocycles. The standard InChI is InChI=1S/C24H29N3O2/c1-17(2)27(15-19-6-4-18(14-25)5-7-19)16-23(28)26-24(20-8-9-20)21-10-12-22(29-3)13-11-21/h4-7,10-13,17,20,24H,8-9,15-16H2,1-3H3,(H,26,28). The highest BCUT2D eigenvalue weighted by atomic mass is 16.5. The van der Waals surface area contributed by atoms with Crippen molar-refractivity contribution in [1.29, 1.82) is 5.26 Å².